The van der Waals surface area contributed by atoms with Crippen LogP contribution in [0.2, 0.25) is 0 Å². The molecule has 110 valence electrons. The minimum Gasteiger partial charge on any atom is -0.314 e. The molecule has 0 spiro atoms. The van der Waals surface area contributed by atoms with Gasteiger partial charge in [0.15, 0.2) is 0 Å². The Labute approximate surface area is 130 Å². The topological polar surface area (TPSA) is 15.3 Å². The van der Waals surface area contributed by atoms with Gasteiger partial charge in [0.25, 0.3) is 0 Å². The van der Waals surface area contributed by atoms with Gasteiger partial charge in [-0.05, 0) is 40.9 Å². The van der Waals surface area contributed by atoms with Crippen molar-refractivity contribution in [3.8, 4) is 0 Å². The van der Waals surface area contributed by atoms with Crippen LogP contribution in [0.25, 0.3) is 0 Å². The van der Waals surface area contributed by atoms with Crippen molar-refractivity contribution in [1.29, 1.82) is 0 Å². The van der Waals surface area contributed by atoms with E-state index in [1.807, 2.05) is 11.3 Å². The zero-order valence-electron chi connectivity index (χ0n) is 12.8. The Kier molecular flexibility index (Phi) is 7.01. The summed E-state index contributed by atoms with van der Waals surface area (Å²) in [6.45, 7) is 12.3. The van der Waals surface area contributed by atoms with Crippen LogP contribution >= 0.6 is 27.3 Å². The minimum atomic E-state index is 0.341. The Balaban J connectivity index is 2.49. The van der Waals surface area contributed by atoms with Crippen molar-refractivity contribution in [2.24, 2.45) is 5.41 Å². The Morgan fingerprint density at radius 3 is 2.63 bits per heavy atom. The fraction of sp³-hybridized carbons (Fsp3) is 0.733. The molecule has 1 unspecified atom stereocenters. The highest BCUT2D eigenvalue weighted by molar-refractivity contribution is 9.10. The van der Waals surface area contributed by atoms with E-state index in [-0.39, 0.29) is 0 Å². The van der Waals surface area contributed by atoms with Crippen LogP contribution in [0.15, 0.2) is 15.9 Å². The maximum atomic E-state index is 3.58. The number of nitrogens with one attached hydrogen (secondary N) is 1. The summed E-state index contributed by atoms with van der Waals surface area (Å²) in [5.74, 6) is 0. The van der Waals surface area contributed by atoms with Gasteiger partial charge in [-0.15, -0.1) is 11.3 Å². The third kappa shape index (κ3) is 6.39. The summed E-state index contributed by atoms with van der Waals surface area (Å²) in [6.07, 6.45) is 1.20. The molecule has 0 saturated carbocycles. The van der Waals surface area contributed by atoms with Crippen LogP contribution in [-0.4, -0.2) is 31.1 Å². The first-order chi connectivity index (χ1) is 8.84. The zero-order valence-corrected chi connectivity index (χ0v) is 15.2. The van der Waals surface area contributed by atoms with Crippen molar-refractivity contribution in [3.63, 3.8) is 0 Å². The van der Waals surface area contributed by atoms with Gasteiger partial charge in [-0.3, -0.25) is 0 Å². The summed E-state index contributed by atoms with van der Waals surface area (Å²) >= 11 is 5.35. The van der Waals surface area contributed by atoms with Gasteiger partial charge in [0.2, 0.25) is 0 Å². The zero-order chi connectivity index (χ0) is 14.5. The van der Waals surface area contributed by atoms with Crippen LogP contribution in [0.5, 0.6) is 0 Å². The lowest BCUT2D eigenvalue weighted by Crippen LogP contribution is -2.42. The van der Waals surface area contributed by atoms with E-state index in [0.29, 0.717) is 11.5 Å². The van der Waals surface area contributed by atoms with Crippen molar-refractivity contribution in [2.75, 3.05) is 20.1 Å². The number of nitrogens with zero attached hydrogens (tertiary/aromatic N) is 1. The average molecular weight is 347 g/mol. The quantitative estimate of drug-likeness (QED) is 0.752. The minimum absolute atomic E-state index is 0.341. The Morgan fingerprint density at radius 1 is 1.47 bits per heavy atom. The molecular formula is C15H27BrN2S. The van der Waals surface area contributed by atoms with E-state index >= 15 is 0 Å². The van der Waals surface area contributed by atoms with E-state index in [9.17, 15) is 0 Å². The molecule has 0 amide bonds. The van der Waals surface area contributed by atoms with Crippen LogP contribution < -0.4 is 5.32 Å². The summed E-state index contributed by atoms with van der Waals surface area (Å²) in [4.78, 5) is 3.86. The smallest absolute Gasteiger partial charge is 0.0325 e. The van der Waals surface area contributed by atoms with Crippen molar-refractivity contribution < 1.29 is 0 Å². The molecule has 0 aliphatic rings. The van der Waals surface area contributed by atoms with Crippen LogP contribution in [0.4, 0.5) is 0 Å². The van der Waals surface area contributed by atoms with Gasteiger partial charge < -0.3 is 10.2 Å². The summed E-state index contributed by atoms with van der Waals surface area (Å²) < 4.78 is 1.20. The molecule has 0 saturated heterocycles. The summed E-state index contributed by atoms with van der Waals surface area (Å²) in [5.41, 5.74) is 0.341. The van der Waals surface area contributed by atoms with Gasteiger partial charge in [0.05, 0.1) is 0 Å². The average Bonchev–Trinajstić information content (AvgIpc) is 2.72. The van der Waals surface area contributed by atoms with Gasteiger partial charge in [0, 0.05) is 40.4 Å². The molecule has 19 heavy (non-hydrogen) atoms. The lowest BCUT2D eigenvalue weighted by Gasteiger charge is -2.34. The second kappa shape index (κ2) is 7.77. The predicted molar refractivity (Wildman–Crippen MR) is 89.9 cm³/mol. The van der Waals surface area contributed by atoms with Crippen molar-refractivity contribution in [3.05, 3.63) is 20.8 Å². The molecule has 2 nitrogen and oxygen atoms in total. The van der Waals surface area contributed by atoms with Gasteiger partial charge in [-0.1, -0.05) is 27.7 Å². The van der Waals surface area contributed by atoms with Gasteiger partial charge in [-0.2, -0.15) is 0 Å². The van der Waals surface area contributed by atoms with Gasteiger partial charge >= 0.3 is 0 Å². The third-order valence-corrected chi connectivity index (χ3v) is 5.17. The summed E-state index contributed by atoms with van der Waals surface area (Å²) in [7, 11) is 2.22. The second-order valence-corrected chi connectivity index (χ2v) is 8.01. The number of hydrogen-bond donors (Lipinski definition) is 1. The van der Waals surface area contributed by atoms with E-state index < -0.39 is 0 Å². The number of halogens is 1. The maximum Gasteiger partial charge on any atom is 0.0325 e. The lowest BCUT2D eigenvalue weighted by molar-refractivity contribution is 0.173. The summed E-state index contributed by atoms with van der Waals surface area (Å²) in [6, 6.07) is 2.78. The van der Waals surface area contributed by atoms with Crippen LogP contribution in [0.1, 0.15) is 39.0 Å². The number of thiophene rings is 1. The Morgan fingerprint density at radius 2 is 2.16 bits per heavy atom. The Hall–Kier alpha value is 0.1000. The van der Waals surface area contributed by atoms with E-state index in [2.05, 4.69) is 72.3 Å². The molecule has 0 fully saturated rings. The fourth-order valence-electron chi connectivity index (χ4n) is 2.15. The number of hydrogen-bond acceptors (Lipinski definition) is 3. The molecule has 1 rings (SSSR count). The van der Waals surface area contributed by atoms with E-state index in [0.717, 1.165) is 19.6 Å². The van der Waals surface area contributed by atoms with Crippen LogP contribution in [-0.2, 0) is 6.54 Å². The summed E-state index contributed by atoms with van der Waals surface area (Å²) in [5, 5.41) is 5.73. The normalized spacial score (nSPS) is 15.2. The van der Waals surface area contributed by atoms with Gasteiger partial charge in [0.1, 0.15) is 0 Å². The van der Waals surface area contributed by atoms with Crippen LogP contribution in [0, 0.1) is 5.41 Å². The molecule has 0 bridgehead atoms. The largest absolute Gasteiger partial charge is 0.314 e. The Bertz CT molecular complexity index is 378. The molecule has 1 N–H and O–H groups in total. The van der Waals surface area contributed by atoms with Crippen molar-refractivity contribution >= 4 is 27.3 Å². The molecule has 1 heterocycles. The predicted octanol–water partition coefficient (Wildman–Crippen LogP) is 4.36. The lowest BCUT2D eigenvalue weighted by atomic mass is 9.86. The molecule has 0 aliphatic heterocycles. The molecule has 1 atom stereocenters. The monoisotopic (exact) mass is 346 g/mol. The number of rotatable bonds is 8. The first-order valence-electron chi connectivity index (χ1n) is 6.99. The van der Waals surface area contributed by atoms with Crippen molar-refractivity contribution in [1.82, 2.24) is 10.2 Å². The third-order valence-electron chi connectivity index (χ3n) is 3.49. The highest BCUT2D eigenvalue weighted by atomic mass is 79.9. The first kappa shape index (κ1) is 17.2. The van der Waals surface area contributed by atoms with Gasteiger partial charge in [-0.25, -0.2) is 0 Å². The molecular weight excluding hydrogens is 320 g/mol. The standard InChI is InChI=1S/C15H27BrN2S/c1-6-15(4,10-17-12(2)3)11-18(5)8-14-7-13(16)9-19-14/h7,9,12,17H,6,8,10-11H2,1-5H3. The molecule has 0 aliphatic carbocycles. The van der Waals surface area contributed by atoms with E-state index in [1.54, 1.807) is 0 Å². The second-order valence-electron chi connectivity index (χ2n) is 6.10. The fourth-order valence-corrected chi connectivity index (χ4v) is 3.68. The molecule has 4 heteroatoms. The highest BCUT2D eigenvalue weighted by Gasteiger charge is 2.24. The first-order valence-corrected chi connectivity index (χ1v) is 8.67. The van der Waals surface area contributed by atoms with E-state index in [1.165, 1.54) is 15.8 Å². The van der Waals surface area contributed by atoms with Crippen LogP contribution in [0.3, 0.4) is 0 Å². The molecule has 0 aromatic carbocycles. The molecule has 0 radical (unpaired) electrons. The SMILES string of the molecule is CCC(C)(CNC(C)C)CN(C)Cc1cc(Br)cs1. The molecule has 1 aromatic heterocycles. The maximum absolute atomic E-state index is 3.58. The highest BCUT2D eigenvalue weighted by Crippen LogP contribution is 2.25. The van der Waals surface area contributed by atoms with Crippen molar-refractivity contribution in [2.45, 2.75) is 46.7 Å². The molecule has 1 aromatic rings. The van der Waals surface area contributed by atoms with E-state index in [4.69, 9.17) is 0 Å².